The highest BCUT2D eigenvalue weighted by atomic mass is 16.3. The molecule has 176 valence electrons. The van der Waals surface area contributed by atoms with E-state index in [9.17, 15) is 0 Å². The van der Waals surface area contributed by atoms with Crippen LogP contribution >= 0.6 is 0 Å². The lowest BCUT2D eigenvalue weighted by molar-refractivity contribution is 0.269. The lowest BCUT2D eigenvalue weighted by atomic mass is 9.91. The van der Waals surface area contributed by atoms with Gasteiger partial charge in [-0.05, 0) is 24.0 Å². The van der Waals surface area contributed by atoms with Gasteiger partial charge in [0.1, 0.15) is 0 Å². The molecule has 1 aromatic carbocycles. The van der Waals surface area contributed by atoms with Crippen LogP contribution in [0.5, 0.6) is 0 Å². The largest absolute Gasteiger partial charge is 0.394 e. The number of aromatic nitrogens is 8. The van der Waals surface area contributed by atoms with Gasteiger partial charge in [-0.3, -0.25) is 14.0 Å². The number of aliphatic hydroxyl groups excluding tert-OH is 1. The zero-order valence-corrected chi connectivity index (χ0v) is 19.5. The first kappa shape index (κ1) is 21.2. The molecule has 0 aliphatic heterocycles. The standard InChI is InChI=1S/C25H25N9O/c1-32-15-19(14-27-32)16-3-5-17(6-4-16)24-22-20(30-33(24)2)8-7-18-13-26-25(29-23(18)22)28-21-9-10-34(31-21)11-12-35/h3-6,9-10,13-15,35H,7-8,11-12H2,1-2H3,(H,26,28,29,31). The van der Waals surface area contributed by atoms with Crippen molar-refractivity contribution in [2.45, 2.75) is 19.4 Å². The summed E-state index contributed by atoms with van der Waals surface area (Å²) in [6.07, 6.45) is 9.28. The number of anilines is 2. The summed E-state index contributed by atoms with van der Waals surface area (Å²) in [6.45, 7) is 0.473. The predicted molar refractivity (Wildman–Crippen MR) is 132 cm³/mol. The van der Waals surface area contributed by atoms with Gasteiger partial charge >= 0.3 is 0 Å². The van der Waals surface area contributed by atoms with Crippen molar-refractivity contribution >= 4 is 11.8 Å². The maximum Gasteiger partial charge on any atom is 0.228 e. The van der Waals surface area contributed by atoms with Crippen LogP contribution in [0.25, 0.3) is 33.6 Å². The Kier molecular flexibility index (Phi) is 5.14. The molecule has 0 amide bonds. The van der Waals surface area contributed by atoms with Crippen molar-refractivity contribution in [2.24, 2.45) is 14.1 Å². The minimum Gasteiger partial charge on any atom is -0.394 e. The van der Waals surface area contributed by atoms with Crippen molar-refractivity contribution < 1.29 is 5.11 Å². The minimum atomic E-state index is 0.0340. The smallest absolute Gasteiger partial charge is 0.228 e. The van der Waals surface area contributed by atoms with Gasteiger partial charge in [0.15, 0.2) is 5.82 Å². The summed E-state index contributed by atoms with van der Waals surface area (Å²) in [5.41, 5.74) is 8.43. The third-order valence-corrected chi connectivity index (χ3v) is 6.26. The van der Waals surface area contributed by atoms with Crippen molar-refractivity contribution in [1.29, 1.82) is 0 Å². The van der Waals surface area contributed by atoms with Gasteiger partial charge in [0.05, 0.1) is 36.4 Å². The highest BCUT2D eigenvalue weighted by Gasteiger charge is 2.27. The summed E-state index contributed by atoms with van der Waals surface area (Å²) in [4.78, 5) is 9.40. The molecule has 0 radical (unpaired) electrons. The van der Waals surface area contributed by atoms with Crippen LogP contribution < -0.4 is 5.32 Å². The number of fused-ring (bicyclic) bond motifs is 3. The molecule has 0 atom stereocenters. The second-order valence-electron chi connectivity index (χ2n) is 8.65. The maximum absolute atomic E-state index is 9.12. The van der Waals surface area contributed by atoms with Gasteiger partial charge in [-0.25, -0.2) is 9.97 Å². The number of aliphatic hydroxyl groups is 1. The van der Waals surface area contributed by atoms with E-state index < -0.39 is 0 Å². The normalized spacial score (nSPS) is 12.4. The molecule has 10 heteroatoms. The first-order chi connectivity index (χ1) is 17.1. The number of benzene rings is 1. The van der Waals surface area contributed by atoms with Gasteiger partial charge in [-0.2, -0.15) is 15.3 Å². The van der Waals surface area contributed by atoms with Crippen LogP contribution in [0.4, 0.5) is 11.8 Å². The van der Waals surface area contributed by atoms with Gasteiger partial charge in [-0.15, -0.1) is 0 Å². The Morgan fingerprint density at radius 2 is 1.80 bits per heavy atom. The van der Waals surface area contributed by atoms with Crippen molar-refractivity contribution in [2.75, 3.05) is 11.9 Å². The summed E-state index contributed by atoms with van der Waals surface area (Å²) in [5, 5.41) is 25.8. The summed E-state index contributed by atoms with van der Waals surface area (Å²) < 4.78 is 5.43. The highest BCUT2D eigenvalue weighted by Crippen LogP contribution is 2.40. The summed E-state index contributed by atoms with van der Waals surface area (Å²) in [5.74, 6) is 1.11. The molecule has 0 unspecified atom stereocenters. The summed E-state index contributed by atoms with van der Waals surface area (Å²) in [7, 11) is 3.90. The van der Waals surface area contributed by atoms with E-state index in [1.165, 1.54) is 0 Å². The molecule has 10 nitrogen and oxygen atoms in total. The van der Waals surface area contributed by atoms with E-state index in [-0.39, 0.29) is 6.61 Å². The van der Waals surface area contributed by atoms with Crippen molar-refractivity contribution in [3.05, 3.63) is 66.4 Å². The number of hydrogen-bond donors (Lipinski definition) is 2. The molecule has 5 aromatic rings. The fourth-order valence-electron chi connectivity index (χ4n) is 4.61. The second kappa shape index (κ2) is 8.48. The molecule has 1 aliphatic carbocycles. The van der Waals surface area contributed by atoms with Crippen LogP contribution in [0.1, 0.15) is 11.3 Å². The molecule has 0 bridgehead atoms. The lowest BCUT2D eigenvalue weighted by Crippen LogP contribution is -2.09. The van der Waals surface area contributed by atoms with Crippen LogP contribution in [-0.2, 0) is 33.5 Å². The molecule has 4 aromatic heterocycles. The molecule has 6 rings (SSSR count). The van der Waals surface area contributed by atoms with Gasteiger partial charge in [-0.1, -0.05) is 24.3 Å². The van der Waals surface area contributed by atoms with Crippen LogP contribution in [-0.4, -0.2) is 51.0 Å². The Bertz CT molecular complexity index is 1510. The Morgan fingerprint density at radius 3 is 2.57 bits per heavy atom. The monoisotopic (exact) mass is 467 g/mol. The van der Waals surface area contributed by atoms with E-state index in [1.54, 1.807) is 9.36 Å². The van der Waals surface area contributed by atoms with Gasteiger partial charge in [0.2, 0.25) is 5.95 Å². The SMILES string of the molecule is Cn1cc(-c2ccc(-c3c4c(nn3C)CCc3cnc(Nc5ccn(CCO)n5)nc3-4)cc2)cn1. The average Bonchev–Trinajstić information content (AvgIpc) is 3.58. The van der Waals surface area contributed by atoms with Crippen LogP contribution in [0, 0.1) is 0 Å². The molecular weight excluding hydrogens is 442 g/mol. The predicted octanol–water partition coefficient (Wildman–Crippen LogP) is 2.98. The third-order valence-electron chi connectivity index (χ3n) is 6.26. The topological polar surface area (TPSA) is 112 Å². The van der Waals surface area contributed by atoms with Crippen molar-refractivity contribution in [3.63, 3.8) is 0 Å². The van der Waals surface area contributed by atoms with E-state index in [4.69, 9.17) is 15.2 Å². The molecular formula is C25H25N9O. The Hall–Kier alpha value is -4.31. The first-order valence-electron chi connectivity index (χ1n) is 11.5. The van der Waals surface area contributed by atoms with E-state index in [0.29, 0.717) is 18.3 Å². The molecule has 0 saturated heterocycles. The molecule has 4 heterocycles. The molecule has 35 heavy (non-hydrogen) atoms. The zero-order chi connectivity index (χ0) is 23.9. The van der Waals surface area contributed by atoms with Gasteiger partial charge < -0.3 is 10.4 Å². The number of rotatable bonds is 6. The van der Waals surface area contributed by atoms with E-state index in [0.717, 1.165) is 57.7 Å². The maximum atomic E-state index is 9.12. The zero-order valence-electron chi connectivity index (χ0n) is 19.5. The molecule has 1 aliphatic rings. The minimum absolute atomic E-state index is 0.0340. The van der Waals surface area contributed by atoms with Crippen molar-refractivity contribution in [1.82, 2.24) is 39.3 Å². The van der Waals surface area contributed by atoms with Crippen LogP contribution in [0.3, 0.4) is 0 Å². The van der Waals surface area contributed by atoms with E-state index in [2.05, 4.69) is 44.8 Å². The Morgan fingerprint density at radius 1 is 0.971 bits per heavy atom. The first-order valence-corrected chi connectivity index (χ1v) is 11.5. The Labute approximate surface area is 201 Å². The summed E-state index contributed by atoms with van der Waals surface area (Å²) >= 11 is 0. The number of aryl methyl sites for hydroxylation is 4. The molecule has 0 saturated carbocycles. The van der Waals surface area contributed by atoms with Crippen LogP contribution in [0.2, 0.25) is 0 Å². The van der Waals surface area contributed by atoms with Gasteiger partial charge in [0.25, 0.3) is 0 Å². The number of nitrogens with one attached hydrogen (secondary N) is 1. The van der Waals surface area contributed by atoms with E-state index in [1.807, 2.05) is 49.6 Å². The quantitative estimate of drug-likeness (QED) is 0.395. The molecule has 0 spiro atoms. The molecule has 2 N–H and O–H groups in total. The fourth-order valence-corrected chi connectivity index (χ4v) is 4.61. The number of hydrogen-bond acceptors (Lipinski definition) is 7. The van der Waals surface area contributed by atoms with Gasteiger partial charge in [0, 0.05) is 55.4 Å². The van der Waals surface area contributed by atoms with Crippen molar-refractivity contribution in [3.8, 4) is 33.6 Å². The lowest BCUT2D eigenvalue weighted by Gasteiger charge is -2.17. The third kappa shape index (κ3) is 3.87. The number of nitrogens with zero attached hydrogens (tertiary/aromatic N) is 8. The fraction of sp³-hybridized carbons (Fsp3) is 0.240. The average molecular weight is 468 g/mol. The summed E-state index contributed by atoms with van der Waals surface area (Å²) in [6, 6.07) is 10.3. The second-order valence-corrected chi connectivity index (χ2v) is 8.65. The van der Waals surface area contributed by atoms with Crippen LogP contribution in [0.15, 0.2) is 55.1 Å². The molecule has 0 fully saturated rings. The highest BCUT2D eigenvalue weighted by molar-refractivity contribution is 5.85. The van der Waals surface area contributed by atoms with E-state index >= 15 is 0 Å². The Balaban J connectivity index is 1.37.